The van der Waals surface area contributed by atoms with Gasteiger partial charge in [0.2, 0.25) is 0 Å². The number of hydrogen-bond donors (Lipinski definition) is 1. The molecule has 0 saturated carbocycles. The molecule has 1 aliphatic rings. The Morgan fingerprint density at radius 2 is 1.81 bits per heavy atom. The maximum absolute atomic E-state index is 11.3. The first-order valence-electron chi connectivity index (χ1n) is 5.53. The van der Waals surface area contributed by atoms with Crippen LogP contribution in [0.3, 0.4) is 0 Å². The lowest BCUT2D eigenvalue weighted by atomic mass is 9.94. The Morgan fingerprint density at radius 1 is 1.25 bits per heavy atom. The first-order chi connectivity index (χ1) is 7.49. The Bertz CT molecular complexity index is 417. The molecule has 0 spiro atoms. The van der Waals surface area contributed by atoms with Gasteiger partial charge in [0.25, 0.3) is 0 Å². The van der Waals surface area contributed by atoms with Crippen molar-refractivity contribution in [1.82, 2.24) is 0 Å². The molecule has 0 aromatic heterocycles. The molecule has 0 radical (unpaired) electrons. The Morgan fingerprint density at radius 3 is 2.25 bits per heavy atom. The van der Waals surface area contributed by atoms with E-state index in [1.165, 1.54) is 16.7 Å². The standard InChI is InChI=1S/C13H17NO2/c1-7-4-8(2)12(9(3)5-7)11-6-10(14)13(15)16-11/h4-5,10-11H,6,14H2,1-3H3. The molecule has 0 amide bonds. The van der Waals surface area contributed by atoms with Gasteiger partial charge in [0.05, 0.1) is 0 Å². The highest BCUT2D eigenvalue weighted by Crippen LogP contribution is 2.33. The quantitative estimate of drug-likeness (QED) is 0.734. The van der Waals surface area contributed by atoms with Crippen molar-refractivity contribution in [3.05, 3.63) is 34.4 Å². The number of benzene rings is 1. The molecule has 2 atom stereocenters. The summed E-state index contributed by atoms with van der Waals surface area (Å²) in [5.74, 6) is -0.288. The maximum Gasteiger partial charge on any atom is 0.323 e. The minimum atomic E-state index is -0.467. The van der Waals surface area contributed by atoms with Crippen LogP contribution in [0, 0.1) is 20.8 Å². The number of esters is 1. The summed E-state index contributed by atoms with van der Waals surface area (Å²) in [6.07, 6.45) is 0.423. The van der Waals surface area contributed by atoms with Crippen LogP contribution in [0.1, 0.15) is 34.8 Å². The number of carbonyl (C=O) groups excluding carboxylic acids is 1. The van der Waals surface area contributed by atoms with Crippen molar-refractivity contribution in [2.24, 2.45) is 5.73 Å². The minimum Gasteiger partial charge on any atom is -0.456 e. The van der Waals surface area contributed by atoms with Crippen LogP contribution in [-0.2, 0) is 9.53 Å². The van der Waals surface area contributed by atoms with E-state index in [9.17, 15) is 4.79 Å². The van der Waals surface area contributed by atoms with Gasteiger partial charge in [0, 0.05) is 6.42 Å². The van der Waals surface area contributed by atoms with Gasteiger partial charge in [-0.15, -0.1) is 0 Å². The predicted molar refractivity (Wildman–Crippen MR) is 62.1 cm³/mol. The molecule has 1 fully saturated rings. The Kier molecular flexibility index (Phi) is 2.72. The molecular weight excluding hydrogens is 202 g/mol. The topological polar surface area (TPSA) is 52.3 Å². The van der Waals surface area contributed by atoms with Crippen molar-refractivity contribution in [2.75, 3.05) is 0 Å². The largest absolute Gasteiger partial charge is 0.456 e. The molecule has 2 rings (SSSR count). The summed E-state index contributed by atoms with van der Waals surface area (Å²) in [4.78, 5) is 11.3. The minimum absolute atomic E-state index is 0.164. The smallest absolute Gasteiger partial charge is 0.323 e. The van der Waals surface area contributed by atoms with Crippen LogP contribution in [0.15, 0.2) is 12.1 Å². The number of rotatable bonds is 1. The lowest BCUT2D eigenvalue weighted by Crippen LogP contribution is -2.24. The molecule has 1 saturated heterocycles. The van der Waals surface area contributed by atoms with Crippen molar-refractivity contribution < 1.29 is 9.53 Å². The average Bonchev–Trinajstić information content (AvgIpc) is 2.44. The molecule has 0 aliphatic carbocycles. The summed E-state index contributed by atoms with van der Waals surface area (Å²) in [5, 5.41) is 0. The van der Waals surface area contributed by atoms with Gasteiger partial charge in [0.1, 0.15) is 12.1 Å². The molecule has 1 aromatic carbocycles. The zero-order chi connectivity index (χ0) is 11.9. The van der Waals surface area contributed by atoms with E-state index in [0.717, 1.165) is 5.56 Å². The number of nitrogens with two attached hydrogens (primary N) is 1. The van der Waals surface area contributed by atoms with E-state index < -0.39 is 6.04 Å². The van der Waals surface area contributed by atoms with Crippen molar-refractivity contribution in [2.45, 2.75) is 39.3 Å². The van der Waals surface area contributed by atoms with Crippen molar-refractivity contribution in [1.29, 1.82) is 0 Å². The van der Waals surface area contributed by atoms with Gasteiger partial charge in [-0.05, 0) is 37.5 Å². The predicted octanol–water partition coefficient (Wildman–Crippen LogP) is 1.93. The fourth-order valence-electron chi connectivity index (χ4n) is 2.48. The molecule has 16 heavy (non-hydrogen) atoms. The lowest BCUT2D eigenvalue weighted by Gasteiger charge is -2.16. The number of ether oxygens (including phenoxy) is 1. The van der Waals surface area contributed by atoms with Crippen LogP contribution < -0.4 is 5.73 Å². The summed E-state index contributed by atoms with van der Waals surface area (Å²) >= 11 is 0. The molecule has 3 heteroatoms. The van der Waals surface area contributed by atoms with Gasteiger partial charge >= 0.3 is 5.97 Å². The van der Waals surface area contributed by atoms with Gasteiger partial charge in [-0.3, -0.25) is 4.79 Å². The van der Waals surface area contributed by atoms with E-state index >= 15 is 0 Å². The zero-order valence-corrected chi connectivity index (χ0v) is 9.91. The molecule has 2 unspecified atom stereocenters. The first kappa shape index (κ1) is 11.1. The van der Waals surface area contributed by atoms with E-state index in [1.807, 2.05) is 13.8 Å². The number of carbonyl (C=O) groups is 1. The first-order valence-corrected chi connectivity index (χ1v) is 5.53. The molecule has 0 bridgehead atoms. The summed E-state index contributed by atoms with van der Waals surface area (Å²) in [5.41, 5.74) is 10.3. The van der Waals surface area contributed by atoms with Crippen molar-refractivity contribution >= 4 is 5.97 Å². The Hall–Kier alpha value is -1.35. The van der Waals surface area contributed by atoms with Crippen molar-refractivity contribution in [3.63, 3.8) is 0 Å². The molecule has 1 aliphatic heterocycles. The van der Waals surface area contributed by atoms with E-state index in [0.29, 0.717) is 6.42 Å². The van der Waals surface area contributed by atoms with Gasteiger partial charge in [-0.2, -0.15) is 0 Å². The summed E-state index contributed by atoms with van der Waals surface area (Å²) in [6, 6.07) is 3.75. The second-order valence-corrected chi connectivity index (χ2v) is 4.58. The Balaban J connectivity index is 2.38. The van der Waals surface area contributed by atoms with Crippen LogP contribution in [0.5, 0.6) is 0 Å². The fraction of sp³-hybridized carbons (Fsp3) is 0.462. The SMILES string of the molecule is Cc1cc(C)c(C2CC(N)C(=O)O2)c(C)c1. The van der Waals surface area contributed by atoms with Crippen LogP contribution >= 0.6 is 0 Å². The van der Waals surface area contributed by atoms with Crippen LogP contribution in [-0.4, -0.2) is 12.0 Å². The monoisotopic (exact) mass is 219 g/mol. The van der Waals surface area contributed by atoms with E-state index in [2.05, 4.69) is 19.1 Å². The van der Waals surface area contributed by atoms with Gasteiger partial charge in [-0.1, -0.05) is 17.7 Å². The number of cyclic esters (lactones) is 1. The third-order valence-corrected chi connectivity index (χ3v) is 3.09. The van der Waals surface area contributed by atoms with E-state index in [1.54, 1.807) is 0 Å². The average molecular weight is 219 g/mol. The van der Waals surface area contributed by atoms with Crippen molar-refractivity contribution in [3.8, 4) is 0 Å². The molecule has 86 valence electrons. The third-order valence-electron chi connectivity index (χ3n) is 3.09. The highest BCUT2D eigenvalue weighted by molar-refractivity contribution is 5.78. The van der Waals surface area contributed by atoms with Crippen LogP contribution in [0.4, 0.5) is 0 Å². The number of aryl methyl sites for hydroxylation is 3. The van der Waals surface area contributed by atoms with Gasteiger partial charge < -0.3 is 10.5 Å². The Labute approximate surface area is 95.6 Å². The summed E-state index contributed by atoms with van der Waals surface area (Å²) in [6.45, 7) is 6.16. The highest BCUT2D eigenvalue weighted by Gasteiger charge is 2.34. The lowest BCUT2D eigenvalue weighted by molar-refractivity contribution is -0.142. The van der Waals surface area contributed by atoms with Gasteiger partial charge in [-0.25, -0.2) is 0 Å². The molecule has 2 N–H and O–H groups in total. The second-order valence-electron chi connectivity index (χ2n) is 4.58. The zero-order valence-electron chi connectivity index (χ0n) is 9.91. The number of hydrogen-bond acceptors (Lipinski definition) is 3. The molecular formula is C13H17NO2. The molecule has 1 aromatic rings. The normalized spacial score (nSPS) is 24.6. The van der Waals surface area contributed by atoms with E-state index in [-0.39, 0.29) is 12.1 Å². The maximum atomic E-state index is 11.3. The second kappa shape index (κ2) is 3.91. The van der Waals surface area contributed by atoms with E-state index in [4.69, 9.17) is 10.5 Å². The van der Waals surface area contributed by atoms with Crippen LogP contribution in [0.25, 0.3) is 0 Å². The molecule has 3 nitrogen and oxygen atoms in total. The fourth-order valence-corrected chi connectivity index (χ4v) is 2.48. The summed E-state index contributed by atoms with van der Waals surface area (Å²) < 4.78 is 5.30. The molecule has 1 heterocycles. The van der Waals surface area contributed by atoms with Crippen LogP contribution in [0.2, 0.25) is 0 Å². The highest BCUT2D eigenvalue weighted by atomic mass is 16.6. The van der Waals surface area contributed by atoms with Gasteiger partial charge in [0.15, 0.2) is 0 Å². The summed E-state index contributed by atoms with van der Waals surface area (Å²) in [7, 11) is 0. The third kappa shape index (κ3) is 1.83.